The highest BCUT2D eigenvalue weighted by Crippen LogP contribution is 2.41. The van der Waals surface area contributed by atoms with E-state index in [2.05, 4.69) is 38.1 Å². The highest BCUT2D eigenvalue weighted by Gasteiger charge is 2.41. The average molecular weight is 413 g/mol. The van der Waals surface area contributed by atoms with Crippen molar-refractivity contribution in [3.8, 4) is 0 Å². The summed E-state index contributed by atoms with van der Waals surface area (Å²) in [6.45, 7) is 1.41. The Morgan fingerprint density at radius 1 is 1.14 bits per heavy atom. The van der Waals surface area contributed by atoms with Crippen LogP contribution < -0.4 is 10.2 Å². The van der Waals surface area contributed by atoms with Crippen LogP contribution in [0, 0.1) is 0 Å². The molecule has 1 saturated heterocycles. The number of methoxy groups -OCH3 is 1. The number of aromatic nitrogens is 2. The Bertz CT molecular complexity index is 945. The van der Waals surface area contributed by atoms with Gasteiger partial charge in [0, 0.05) is 42.5 Å². The Hall–Kier alpha value is -2.41. The van der Waals surface area contributed by atoms with E-state index in [1.54, 1.807) is 7.11 Å². The average Bonchev–Trinajstić information content (AvgIpc) is 3.31. The molecule has 2 atom stereocenters. The second-order valence-electron chi connectivity index (χ2n) is 6.59. The third-order valence-electron chi connectivity index (χ3n) is 4.91. The fraction of sp³-hybridized carbons (Fsp3) is 0.238. The van der Waals surface area contributed by atoms with E-state index in [-0.39, 0.29) is 12.1 Å². The summed E-state index contributed by atoms with van der Waals surface area (Å²) >= 11 is 11.8. The zero-order valence-electron chi connectivity index (χ0n) is 15.5. The number of nitrogens with zero attached hydrogens (tertiary/aromatic N) is 3. The van der Waals surface area contributed by atoms with Crippen LogP contribution in [-0.4, -0.2) is 28.4 Å². The van der Waals surface area contributed by atoms with Gasteiger partial charge in [0.1, 0.15) is 6.04 Å². The zero-order valence-corrected chi connectivity index (χ0v) is 17.0. The highest BCUT2D eigenvalue weighted by atomic mass is 35.5. The van der Waals surface area contributed by atoms with Crippen LogP contribution in [0.4, 0.5) is 5.69 Å². The van der Waals surface area contributed by atoms with Gasteiger partial charge in [0.25, 0.3) is 0 Å². The van der Waals surface area contributed by atoms with E-state index in [1.807, 2.05) is 48.7 Å². The van der Waals surface area contributed by atoms with Gasteiger partial charge in [-0.25, -0.2) is 0 Å². The van der Waals surface area contributed by atoms with Crippen LogP contribution in [0.25, 0.3) is 0 Å². The lowest BCUT2D eigenvalue weighted by molar-refractivity contribution is 0.186. The number of hydrogen-bond acceptors (Lipinski definition) is 3. The minimum absolute atomic E-state index is 0.0459. The molecule has 4 rings (SSSR count). The fourth-order valence-corrected chi connectivity index (χ4v) is 4.10. The number of anilines is 1. The van der Waals surface area contributed by atoms with Crippen LogP contribution in [0.2, 0.25) is 5.02 Å². The van der Waals surface area contributed by atoms with Crippen molar-refractivity contribution < 1.29 is 4.74 Å². The first kappa shape index (κ1) is 18.9. The third-order valence-corrected chi connectivity index (χ3v) is 5.47. The first-order chi connectivity index (χ1) is 13.7. The van der Waals surface area contributed by atoms with E-state index in [0.717, 1.165) is 23.6 Å². The largest absolute Gasteiger partial charge is 0.383 e. The molecule has 0 amide bonds. The number of rotatable bonds is 6. The topological polar surface area (TPSA) is 42.3 Å². The molecule has 0 saturated carbocycles. The normalized spacial score (nSPS) is 19.1. The number of thiocarbonyl (C=S) groups is 1. The number of hydrogen-bond donors (Lipinski definition) is 1. The second kappa shape index (κ2) is 8.31. The maximum absolute atomic E-state index is 6.10. The van der Waals surface area contributed by atoms with E-state index < -0.39 is 0 Å². The van der Waals surface area contributed by atoms with Crippen molar-refractivity contribution in [1.29, 1.82) is 0 Å². The lowest BCUT2D eigenvalue weighted by Crippen LogP contribution is -2.30. The smallest absolute Gasteiger partial charge is 0.174 e. The Morgan fingerprint density at radius 2 is 1.96 bits per heavy atom. The van der Waals surface area contributed by atoms with Crippen molar-refractivity contribution in [3.63, 3.8) is 0 Å². The maximum atomic E-state index is 6.10. The van der Waals surface area contributed by atoms with E-state index >= 15 is 0 Å². The van der Waals surface area contributed by atoms with E-state index in [9.17, 15) is 0 Å². The zero-order chi connectivity index (χ0) is 19.5. The van der Waals surface area contributed by atoms with Crippen LogP contribution in [0.1, 0.15) is 23.5 Å². The van der Waals surface area contributed by atoms with Gasteiger partial charge in [0.05, 0.1) is 18.3 Å². The molecule has 0 spiro atoms. The predicted octanol–water partition coefficient (Wildman–Crippen LogP) is 4.36. The summed E-state index contributed by atoms with van der Waals surface area (Å²) in [5.74, 6) is 0. The van der Waals surface area contributed by atoms with Gasteiger partial charge in [0.15, 0.2) is 5.11 Å². The van der Waals surface area contributed by atoms with Crippen LogP contribution in [0.3, 0.4) is 0 Å². The van der Waals surface area contributed by atoms with Crippen molar-refractivity contribution in [1.82, 2.24) is 14.9 Å². The molecule has 3 heterocycles. The summed E-state index contributed by atoms with van der Waals surface area (Å²) in [6, 6.07) is 17.8. The Kier molecular flexibility index (Phi) is 5.62. The lowest BCUT2D eigenvalue weighted by atomic mass is 10.0. The standard InChI is InChI=1S/C21H21ClN4OS/c1-27-14-13-25-12-4-6-18(25)20-19(17-5-2-3-11-23-17)24-21(28)26(20)16-9-7-15(22)8-10-16/h2-12,19-20H,13-14H2,1H3,(H,24,28). The molecular formula is C21H21ClN4OS. The minimum Gasteiger partial charge on any atom is -0.383 e. The SMILES string of the molecule is COCCn1cccc1C1C(c2ccccn2)NC(=S)N1c1ccc(Cl)cc1. The number of halogens is 1. The van der Waals surface area contributed by atoms with E-state index in [0.29, 0.717) is 16.7 Å². The van der Waals surface area contributed by atoms with Gasteiger partial charge in [0.2, 0.25) is 0 Å². The number of benzene rings is 1. The molecule has 0 radical (unpaired) electrons. The molecule has 5 nitrogen and oxygen atoms in total. The molecule has 0 bridgehead atoms. The van der Waals surface area contributed by atoms with Crippen LogP contribution in [-0.2, 0) is 11.3 Å². The van der Waals surface area contributed by atoms with Gasteiger partial charge in [-0.3, -0.25) is 4.98 Å². The molecule has 1 aliphatic rings. The molecule has 2 aromatic heterocycles. The Balaban J connectivity index is 1.80. The molecule has 3 aromatic rings. The van der Waals surface area contributed by atoms with Crippen molar-refractivity contribution in [2.75, 3.05) is 18.6 Å². The fourth-order valence-electron chi connectivity index (χ4n) is 3.62. The molecule has 1 N–H and O–H groups in total. The van der Waals surface area contributed by atoms with Gasteiger partial charge < -0.3 is 19.5 Å². The molecule has 7 heteroatoms. The highest BCUT2D eigenvalue weighted by molar-refractivity contribution is 7.80. The molecule has 2 unspecified atom stereocenters. The van der Waals surface area contributed by atoms with Crippen molar-refractivity contribution in [2.24, 2.45) is 0 Å². The van der Waals surface area contributed by atoms with Gasteiger partial charge in [-0.05, 0) is 60.7 Å². The Morgan fingerprint density at radius 3 is 2.68 bits per heavy atom. The van der Waals surface area contributed by atoms with Gasteiger partial charge in [-0.1, -0.05) is 17.7 Å². The summed E-state index contributed by atoms with van der Waals surface area (Å²) in [6.07, 6.45) is 3.89. The molecule has 1 fully saturated rings. The summed E-state index contributed by atoms with van der Waals surface area (Å²) in [7, 11) is 1.71. The Labute approximate surface area is 174 Å². The van der Waals surface area contributed by atoms with Gasteiger partial charge >= 0.3 is 0 Å². The van der Waals surface area contributed by atoms with Gasteiger partial charge in [-0.2, -0.15) is 0 Å². The molecule has 28 heavy (non-hydrogen) atoms. The predicted molar refractivity (Wildman–Crippen MR) is 116 cm³/mol. The molecule has 1 aromatic carbocycles. The first-order valence-electron chi connectivity index (χ1n) is 9.09. The van der Waals surface area contributed by atoms with Gasteiger partial charge in [-0.15, -0.1) is 0 Å². The number of nitrogens with one attached hydrogen (secondary N) is 1. The van der Waals surface area contributed by atoms with Crippen LogP contribution in [0.15, 0.2) is 67.0 Å². The third kappa shape index (κ3) is 3.63. The summed E-state index contributed by atoms with van der Waals surface area (Å²) in [5.41, 5.74) is 3.09. The molecule has 1 aliphatic heterocycles. The second-order valence-corrected chi connectivity index (χ2v) is 7.42. The van der Waals surface area contributed by atoms with Crippen molar-refractivity contribution >= 4 is 34.6 Å². The summed E-state index contributed by atoms with van der Waals surface area (Å²) < 4.78 is 7.50. The quantitative estimate of drug-likeness (QED) is 0.609. The lowest BCUT2D eigenvalue weighted by Gasteiger charge is -2.29. The van der Waals surface area contributed by atoms with Crippen LogP contribution in [0.5, 0.6) is 0 Å². The minimum atomic E-state index is -0.0689. The maximum Gasteiger partial charge on any atom is 0.174 e. The first-order valence-corrected chi connectivity index (χ1v) is 9.88. The monoisotopic (exact) mass is 412 g/mol. The summed E-state index contributed by atoms with van der Waals surface area (Å²) in [5, 5.41) is 4.84. The molecule has 0 aliphatic carbocycles. The summed E-state index contributed by atoms with van der Waals surface area (Å²) in [4.78, 5) is 6.73. The van der Waals surface area contributed by atoms with E-state index in [4.69, 9.17) is 28.6 Å². The number of ether oxygens (including phenoxy) is 1. The van der Waals surface area contributed by atoms with Crippen molar-refractivity contribution in [2.45, 2.75) is 18.6 Å². The van der Waals surface area contributed by atoms with Crippen molar-refractivity contribution in [3.05, 3.63) is 83.4 Å². The molecular weight excluding hydrogens is 392 g/mol. The van der Waals surface area contributed by atoms with Crippen LogP contribution >= 0.6 is 23.8 Å². The molecule has 144 valence electrons. The number of pyridine rings is 1. The van der Waals surface area contributed by atoms with E-state index in [1.165, 1.54) is 0 Å².